The molecule has 1 heterocycles. The van der Waals surface area contributed by atoms with Crippen molar-refractivity contribution in [2.45, 2.75) is 4.90 Å². The number of thioether (sulfide) groups is 1. The summed E-state index contributed by atoms with van der Waals surface area (Å²) < 4.78 is 0. The smallest absolute Gasteiger partial charge is 0.283 e. The topological polar surface area (TPSA) is 150 Å². The normalized spacial score (nSPS) is 10.8. The van der Waals surface area contributed by atoms with E-state index in [1.165, 1.54) is 24.0 Å². The van der Waals surface area contributed by atoms with Crippen molar-refractivity contribution in [2.75, 3.05) is 28.4 Å². The van der Waals surface area contributed by atoms with Gasteiger partial charge in [0.1, 0.15) is 0 Å². The number of anilines is 5. The van der Waals surface area contributed by atoms with Gasteiger partial charge in [0.15, 0.2) is 0 Å². The van der Waals surface area contributed by atoms with E-state index >= 15 is 0 Å². The van der Waals surface area contributed by atoms with Crippen LogP contribution in [0, 0.1) is 10.1 Å². The van der Waals surface area contributed by atoms with E-state index in [-0.39, 0.29) is 18.2 Å². The van der Waals surface area contributed by atoms with Crippen LogP contribution in [0.4, 0.5) is 34.9 Å². The number of nitro benzene ring substituents is 1. The number of aliphatic hydroxyl groups is 1. The summed E-state index contributed by atoms with van der Waals surface area (Å²) in [6.45, 7) is -0.0664. The third-order valence-electron chi connectivity index (χ3n) is 4.60. The highest BCUT2D eigenvalue weighted by molar-refractivity contribution is 7.99. The number of hydrazone groups is 1. The molecule has 0 spiro atoms. The molecule has 4 N–H and O–H groups in total. The SMILES string of the molecule is O=[N+]([O-])c1cc(/C=N\Nc2nc(Nc3ccccc3)nc(Nc3ccccc3)n2)ccc1SCCO. The van der Waals surface area contributed by atoms with Crippen molar-refractivity contribution in [1.82, 2.24) is 15.0 Å². The van der Waals surface area contributed by atoms with Gasteiger partial charge in [0.2, 0.25) is 17.8 Å². The van der Waals surface area contributed by atoms with Crippen LogP contribution >= 0.6 is 11.8 Å². The fraction of sp³-hybridized carbons (Fsp3) is 0.0833. The fourth-order valence-electron chi connectivity index (χ4n) is 3.04. The number of nitrogens with one attached hydrogen (secondary N) is 3. The van der Waals surface area contributed by atoms with Gasteiger partial charge < -0.3 is 15.7 Å². The van der Waals surface area contributed by atoms with E-state index in [4.69, 9.17) is 5.11 Å². The summed E-state index contributed by atoms with van der Waals surface area (Å²) in [6, 6.07) is 23.7. The Morgan fingerprint density at radius 1 is 0.889 bits per heavy atom. The Kier molecular flexibility index (Phi) is 8.35. The maximum atomic E-state index is 11.4. The summed E-state index contributed by atoms with van der Waals surface area (Å²) in [6.07, 6.45) is 1.44. The number of hydrogen-bond donors (Lipinski definition) is 4. The van der Waals surface area contributed by atoms with Gasteiger partial charge in [-0.2, -0.15) is 20.1 Å². The van der Waals surface area contributed by atoms with Gasteiger partial charge in [0.25, 0.3) is 5.69 Å². The van der Waals surface area contributed by atoms with Crippen LogP contribution in [0.25, 0.3) is 0 Å². The van der Waals surface area contributed by atoms with Crippen molar-refractivity contribution in [2.24, 2.45) is 5.10 Å². The minimum absolute atomic E-state index is 0.0544. The molecule has 0 saturated heterocycles. The average Bonchev–Trinajstić information content (AvgIpc) is 2.89. The minimum atomic E-state index is -0.459. The van der Waals surface area contributed by atoms with E-state index in [0.717, 1.165) is 11.4 Å². The van der Waals surface area contributed by atoms with Gasteiger partial charge in [-0.05, 0) is 30.3 Å². The Bertz CT molecular complexity index is 1280. The molecule has 3 aromatic carbocycles. The number of benzene rings is 3. The highest BCUT2D eigenvalue weighted by atomic mass is 32.2. The van der Waals surface area contributed by atoms with Crippen LogP contribution < -0.4 is 16.1 Å². The number of aliphatic hydroxyl groups excluding tert-OH is 1. The van der Waals surface area contributed by atoms with Crippen molar-refractivity contribution in [3.8, 4) is 0 Å². The first-order chi connectivity index (χ1) is 17.6. The molecule has 0 fully saturated rings. The molecule has 0 amide bonds. The standard InChI is InChI=1S/C24H22N8O3S/c33-13-14-36-21-12-11-17(15-20(21)32(34)35)16-25-31-24-29-22(26-18-7-3-1-4-8-18)28-23(30-24)27-19-9-5-2-6-10-19/h1-12,15-16,33H,13-14H2,(H3,26,27,28,29,30,31)/b25-16-. The third kappa shape index (κ3) is 6.98. The first-order valence-corrected chi connectivity index (χ1v) is 11.8. The molecule has 0 aliphatic rings. The number of nitro groups is 1. The monoisotopic (exact) mass is 502 g/mol. The zero-order chi connectivity index (χ0) is 25.2. The number of hydrogen-bond acceptors (Lipinski definition) is 11. The highest BCUT2D eigenvalue weighted by Gasteiger charge is 2.14. The number of para-hydroxylation sites is 2. The number of nitrogens with zero attached hydrogens (tertiary/aromatic N) is 5. The first-order valence-electron chi connectivity index (χ1n) is 10.8. The average molecular weight is 503 g/mol. The predicted molar refractivity (Wildman–Crippen MR) is 141 cm³/mol. The third-order valence-corrected chi connectivity index (χ3v) is 5.64. The van der Waals surface area contributed by atoms with Gasteiger partial charge >= 0.3 is 0 Å². The van der Waals surface area contributed by atoms with E-state index in [1.54, 1.807) is 12.1 Å². The number of aromatic nitrogens is 3. The molecule has 0 saturated carbocycles. The summed E-state index contributed by atoms with van der Waals surface area (Å²) in [7, 11) is 0. The van der Waals surface area contributed by atoms with E-state index in [0.29, 0.717) is 28.1 Å². The zero-order valence-electron chi connectivity index (χ0n) is 18.9. The lowest BCUT2D eigenvalue weighted by atomic mass is 10.2. The Morgan fingerprint density at radius 2 is 1.47 bits per heavy atom. The van der Waals surface area contributed by atoms with Gasteiger partial charge in [-0.25, -0.2) is 5.43 Å². The van der Waals surface area contributed by atoms with Crippen molar-refractivity contribution in [3.05, 3.63) is 94.5 Å². The van der Waals surface area contributed by atoms with E-state index in [2.05, 4.69) is 36.1 Å². The maximum absolute atomic E-state index is 11.4. The lowest BCUT2D eigenvalue weighted by Crippen LogP contribution is -2.07. The molecule has 182 valence electrons. The van der Waals surface area contributed by atoms with Crippen molar-refractivity contribution >= 4 is 52.9 Å². The fourth-order valence-corrected chi connectivity index (χ4v) is 3.80. The van der Waals surface area contributed by atoms with Crippen LogP contribution in [0.5, 0.6) is 0 Å². The summed E-state index contributed by atoms with van der Waals surface area (Å²) in [5.74, 6) is 1.14. The zero-order valence-corrected chi connectivity index (χ0v) is 19.7. The second-order valence-electron chi connectivity index (χ2n) is 7.21. The van der Waals surface area contributed by atoms with Gasteiger partial charge in [0.05, 0.1) is 22.6 Å². The van der Waals surface area contributed by atoms with E-state index in [9.17, 15) is 10.1 Å². The predicted octanol–water partition coefficient (Wildman–Crippen LogP) is 4.80. The molecule has 36 heavy (non-hydrogen) atoms. The van der Waals surface area contributed by atoms with Gasteiger partial charge in [-0.1, -0.05) is 42.5 Å². The lowest BCUT2D eigenvalue weighted by molar-refractivity contribution is -0.387. The maximum Gasteiger partial charge on any atom is 0.283 e. The molecule has 0 atom stereocenters. The quantitative estimate of drug-likeness (QED) is 0.0974. The second-order valence-corrected chi connectivity index (χ2v) is 8.35. The Hall–Kier alpha value is -4.55. The van der Waals surface area contributed by atoms with Crippen LogP contribution in [-0.2, 0) is 0 Å². The minimum Gasteiger partial charge on any atom is -0.396 e. The summed E-state index contributed by atoms with van der Waals surface area (Å²) >= 11 is 1.22. The highest BCUT2D eigenvalue weighted by Crippen LogP contribution is 2.29. The molecule has 0 radical (unpaired) electrons. The van der Waals surface area contributed by atoms with Crippen LogP contribution in [0.2, 0.25) is 0 Å². The Labute approximate surface area is 210 Å². The van der Waals surface area contributed by atoms with Gasteiger partial charge in [-0.3, -0.25) is 10.1 Å². The Morgan fingerprint density at radius 3 is 2.03 bits per heavy atom. The van der Waals surface area contributed by atoms with Crippen molar-refractivity contribution in [1.29, 1.82) is 0 Å². The van der Waals surface area contributed by atoms with Crippen LogP contribution in [0.3, 0.4) is 0 Å². The molecule has 12 heteroatoms. The largest absolute Gasteiger partial charge is 0.396 e. The van der Waals surface area contributed by atoms with Crippen molar-refractivity contribution < 1.29 is 10.0 Å². The van der Waals surface area contributed by atoms with Crippen LogP contribution in [0.15, 0.2) is 88.9 Å². The summed E-state index contributed by atoms with van der Waals surface area (Å²) in [5.41, 5.74) is 4.83. The first kappa shape index (κ1) is 24.6. The molecular formula is C24H22N8O3S. The summed E-state index contributed by atoms with van der Waals surface area (Å²) in [4.78, 5) is 24.6. The summed E-state index contributed by atoms with van der Waals surface area (Å²) in [5, 5.41) is 30.8. The molecule has 4 rings (SSSR count). The molecule has 1 aromatic heterocycles. The van der Waals surface area contributed by atoms with Gasteiger partial charge in [0, 0.05) is 28.8 Å². The molecule has 0 bridgehead atoms. The van der Waals surface area contributed by atoms with Crippen molar-refractivity contribution in [3.63, 3.8) is 0 Å². The van der Waals surface area contributed by atoms with E-state index in [1.807, 2.05) is 60.7 Å². The van der Waals surface area contributed by atoms with E-state index < -0.39 is 4.92 Å². The molecule has 0 aliphatic carbocycles. The molecule has 0 unspecified atom stereocenters. The molecular weight excluding hydrogens is 480 g/mol. The van der Waals surface area contributed by atoms with Crippen LogP contribution in [-0.4, -0.2) is 43.6 Å². The van der Waals surface area contributed by atoms with Crippen LogP contribution in [0.1, 0.15) is 5.56 Å². The van der Waals surface area contributed by atoms with Gasteiger partial charge in [-0.15, -0.1) is 11.8 Å². The molecule has 11 nitrogen and oxygen atoms in total. The molecule has 4 aromatic rings. The number of rotatable bonds is 11. The second kappa shape index (κ2) is 12.2. The Balaban J connectivity index is 1.55. The molecule has 0 aliphatic heterocycles. The lowest BCUT2D eigenvalue weighted by Gasteiger charge is -2.10.